The first kappa shape index (κ1) is 22.8. The van der Waals surface area contributed by atoms with Gasteiger partial charge < -0.3 is 9.30 Å². The summed E-state index contributed by atoms with van der Waals surface area (Å²) in [5.41, 5.74) is 1.51. The second-order valence-corrected chi connectivity index (χ2v) is 9.93. The Kier molecular flexibility index (Phi) is 6.41. The highest BCUT2D eigenvalue weighted by molar-refractivity contribution is 7.89. The van der Waals surface area contributed by atoms with Gasteiger partial charge in [0.2, 0.25) is 10.0 Å². The van der Waals surface area contributed by atoms with Crippen LogP contribution in [0.4, 0.5) is 0 Å². The maximum Gasteiger partial charge on any atom is 0.307 e. The van der Waals surface area contributed by atoms with Gasteiger partial charge in [0.25, 0.3) is 5.91 Å². The topological polar surface area (TPSA) is 121 Å². The number of rotatable bonds is 6. The highest BCUT2D eigenvalue weighted by Crippen LogP contribution is 2.22. The first-order chi connectivity index (χ1) is 15.8. The fourth-order valence-corrected chi connectivity index (χ4v) is 5.32. The molecule has 0 atom stereocenters. The number of esters is 1. The van der Waals surface area contributed by atoms with Crippen molar-refractivity contribution in [1.29, 1.82) is 0 Å². The number of fused-ring (bicyclic) bond motifs is 2. The number of nitrogens with two attached hydrogens (primary N) is 1. The molecular formula is C23H21N3O5S2. The normalized spacial score (nSPS) is 12.4. The molecule has 0 fully saturated rings. The number of benzene rings is 3. The van der Waals surface area contributed by atoms with Crippen LogP contribution in [0.25, 0.3) is 21.0 Å². The van der Waals surface area contributed by atoms with E-state index in [1.165, 1.54) is 19.2 Å². The Bertz CT molecular complexity index is 1550. The van der Waals surface area contributed by atoms with Crippen molar-refractivity contribution in [3.05, 3.63) is 71.0 Å². The molecule has 2 N–H and O–H groups in total. The second kappa shape index (κ2) is 9.26. The second-order valence-electron chi connectivity index (χ2n) is 7.36. The molecule has 4 aromatic rings. The fraction of sp³-hybridized carbons (Fsp3) is 0.174. The lowest BCUT2D eigenvalue weighted by atomic mass is 10.0. The maximum atomic E-state index is 12.9. The molecule has 170 valence electrons. The number of thiazole rings is 1. The summed E-state index contributed by atoms with van der Waals surface area (Å²) in [6.45, 7) is 0.224. The van der Waals surface area contributed by atoms with Crippen LogP contribution in [0.1, 0.15) is 12.0 Å². The van der Waals surface area contributed by atoms with Gasteiger partial charge in [-0.15, -0.1) is 0 Å². The Morgan fingerprint density at radius 2 is 1.85 bits per heavy atom. The first-order valence-corrected chi connectivity index (χ1v) is 12.4. The molecule has 0 spiro atoms. The zero-order chi connectivity index (χ0) is 23.6. The van der Waals surface area contributed by atoms with E-state index in [4.69, 9.17) is 9.88 Å². The molecule has 0 aliphatic carbocycles. The Hall–Kier alpha value is -3.34. The van der Waals surface area contributed by atoms with Crippen molar-refractivity contribution in [2.75, 3.05) is 7.11 Å². The molecule has 3 aromatic carbocycles. The fourth-order valence-electron chi connectivity index (χ4n) is 3.59. The average molecular weight is 484 g/mol. The van der Waals surface area contributed by atoms with Gasteiger partial charge >= 0.3 is 5.97 Å². The van der Waals surface area contributed by atoms with Gasteiger partial charge in [0.15, 0.2) is 4.80 Å². The number of aryl methyl sites for hydroxylation is 1. The number of ether oxygens (including phenoxy) is 1. The summed E-state index contributed by atoms with van der Waals surface area (Å²) in [7, 11) is -2.58. The minimum Gasteiger partial charge on any atom is -0.469 e. The number of amides is 1. The summed E-state index contributed by atoms with van der Waals surface area (Å²) < 4.78 is 30.5. The number of hydrogen-bond donors (Lipinski definition) is 1. The van der Waals surface area contributed by atoms with E-state index in [0.717, 1.165) is 27.7 Å². The van der Waals surface area contributed by atoms with E-state index in [1.54, 1.807) is 10.6 Å². The van der Waals surface area contributed by atoms with Crippen LogP contribution in [-0.2, 0) is 37.3 Å². The number of carbonyl (C=O) groups is 2. The molecule has 0 radical (unpaired) electrons. The molecule has 0 aliphatic rings. The lowest BCUT2D eigenvalue weighted by molar-refractivity contribution is -0.140. The standard InChI is InChI=1S/C23H21N3O5S2/c1-31-22(28)11-12-26-19-10-9-17(33(24,29)30)14-20(19)32-23(26)25-21(27)13-16-7-4-6-15-5-2-3-8-18(15)16/h2-10,14H,11-13H2,1H3,(H2,24,29,30). The molecule has 33 heavy (non-hydrogen) atoms. The predicted molar refractivity (Wildman–Crippen MR) is 126 cm³/mol. The maximum absolute atomic E-state index is 12.9. The molecule has 0 saturated carbocycles. The molecular weight excluding hydrogens is 462 g/mol. The number of hydrogen-bond acceptors (Lipinski definition) is 6. The van der Waals surface area contributed by atoms with E-state index >= 15 is 0 Å². The van der Waals surface area contributed by atoms with E-state index in [0.29, 0.717) is 15.0 Å². The van der Waals surface area contributed by atoms with Crippen LogP contribution in [0.15, 0.2) is 70.6 Å². The smallest absolute Gasteiger partial charge is 0.307 e. The van der Waals surface area contributed by atoms with Crippen LogP contribution in [0, 0.1) is 0 Å². The zero-order valence-electron chi connectivity index (χ0n) is 17.7. The largest absolute Gasteiger partial charge is 0.469 e. The van der Waals surface area contributed by atoms with E-state index in [2.05, 4.69) is 4.99 Å². The molecule has 1 aromatic heterocycles. The molecule has 0 aliphatic heterocycles. The van der Waals surface area contributed by atoms with Crippen molar-refractivity contribution in [3.63, 3.8) is 0 Å². The molecule has 0 unspecified atom stereocenters. The van der Waals surface area contributed by atoms with Crippen LogP contribution in [0.3, 0.4) is 0 Å². The average Bonchev–Trinajstić information content (AvgIpc) is 3.13. The van der Waals surface area contributed by atoms with E-state index < -0.39 is 16.0 Å². The van der Waals surface area contributed by atoms with Gasteiger partial charge in [0.05, 0.1) is 35.1 Å². The Morgan fingerprint density at radius 3 is 2.61 bits per heavy atom. The van der Waals surface area contributed by atoms with Crippen molar-refractivity contribution in [3.8, 4) is 0 Å². The van der Waals surface area contributed by atoms with E-state index in [-0.39, 0.29) is 30.2 Å². The summed E-state index contributed by atoms with van der Waals surface area (Å²) in [5, 5.41) is 7.27. The number of sulfonamides is 1. The molecule has 8 nitrogen and oxygen atoms in total. The highest BCUT2D eigenvalue weighted by Gasteiger charge is 2.15. The summed E-state index contributed by atoms with van der Waals surface area (Å²) in [6, 6.07) is 18.0. The van der Waals surface area contributed by atoms with Gasteiger partial charge in [-0.3, -0.25) is 9.59 Å². The monoisotopic (exact) mass is 483 g/mol. The van der Waals surface area contributed by atoms with Crippen LogP contribution in [-0.4, -0.2) is 32.0 Å². The number of carbonyl (C=O) groups excluding carboxylic acids is 2. The van der Waals surface area contributed by atoms with Crippen LogP contribution in [0.2, 0.25) is 0 Å². The van der Waals surface area contributed by atoms with E-state index in [9.17, 15) is 18.0 Å². The minimum absolute atomic E-state index is 0.0370. The zero-order valence-corrected chi connectivity index (χ0v) is 19.4. The van der Waals surface area contributed by atoms with Gasteiger partial charge in [-0.2, -0.15) is 4.99 Å². The quantitative estimate of drug-likeness (QED) is 0.423. The molecule has 1 heterocycles. The molecule has 0 saturated heterocycles. The van der Waals surface area contributed by atoms with Crippen molar-refractivity contribution in [2.45, 2.75) is 24.3 Å². The lowest BCUT2D eigenvalue weighted by Crippen LogP contribution is -2.19. The third-order valence-corrected chi connectivity index (χ3v) is 7.14. The minimum atomic E-state index is -3.89. The SMILES string of the molecule is COC(=O)CCn1c(=NC(=O)Cc2cccc3ccccc23)sc2cc(S(N)(=O)=O)ccc21. The van der Waals surface area contributed by atoms with E-state index in [1.807, 2.05) is 42.5 Å². The van der Waals surface area contributed by atoms with Crippen LogP contribution in [0.5, 0.6) is 0 Å². The van der Waals surface area contributed by atoms with Crippen molar-refractivity contribution < 1.29 is 22.7 Å². The number of aromatic nitrogens is 1. The highest BCUT2D eigenvalue weighted by atomic mass is 32.2. The van der Waals surface area contributed by atoms with Gasteiger partial charge in [-0.1, -0.05) is 53.8 Å². The molecule has 0 bridgehead atoms. The number of methoxy groups -OCH3 is 1. The van der Waals surface area contributed by atoms with Gasteiger partial charge in [-0.25, -0.2) is 13.6 Å². The summed E-state index contributed by atoms with van der Waals surface area (Å²) in [6.07, 6.45) is 0.180. The van der Waals surface area contributed by atoms with Gasteiger partial charge in [0.1, 0.15) is 0 Å². The van der Waals surface area contributed by atoms with Crippen molar-refractivity contribution >= 4 is 54.2 Å². The first-order valence-electron chi connectivity index (χ1n) is 10.0. The molecule has 4 rings (SSSR count). The van der Waals surface area contributed by atoms with Crippen LogP contribution < -0.4 is 9.94 Å². The summed E-state index contributed by atoms with van der Waals surface area (Å²) >= 11 is 1.16. The van der Waals surface area contributed by atoms with Gasteiger partial charge in [-0.05, 0) is 34.5 Å². The third-order valence-electron chi connectivity index (χ3n) is 5.19. The lowest BCUT2D eigenvalue weighted by Gasteiger charge is -2.06. The van der Waals surface area contributed by atoms with Crippen molar-refractivity contribution in [2.24, 2.45) is 10.1 Å². The Morgan fingerprint density at radius 1 is 1.09 bits per heavy atom. The Labute approximate surface area is 194 Å². The van der Waals surface area contributed by atoms with Crippen LogP contribution >= 0.6 is 11.3 Å². The summed E-state index contributed by atoms with van der Waals surface area (Å²) in [5.74, 6) is -0.757. The predicted octanol–water partition coefficient (Wildman–Crippen LogP) is 2.74. The summed E-state index contributed by atoms with van der Waals surface area (Å²) in [4.78, 5) is 29.2. The number of primary sulfonamides is 1. The number of nitrogens with zero attached hydrogens (tertiary/aromatic N) is 2. The van der Waals surface area contributed by atoms with Crippen molar-refractivity contribution in [1.82, 2.24) is 4.57 Å². The van der Waals surface area contributed by atoms with Gasteiger partial charge in [0, 0.05) is 6.54 Å². The Balaban J connectivity index is 1.76. The third kappa shape index (κ3) is 5.03. The molecule has 1 amide bonds. The molecule has 10 heteroatoms.